The summed E-state index contributed by atoms with van der Waals surface area (Å²) in [6.07, 6.45) is 1.08. The lowest BCUT2D eigenvalue weighted by Crippen LogP contribution is -2.42. The number of carbonyl (C=O) groups excluding carboxylic acids is 1. The zero-order valence-electron chi connectivity index (χ0n) is 23.0. The molecule has 3 heterocycles. The molecule has 0 bridgehead atoms. The Balaban J connectivity index is 1.74. The smallest absolute Gasteiger partial charge is 0.346 e. The largest absolute Gasteiger partial charge is 0.408 e. The number of rotatable bonds is 10. The maximum absolute atomic E-state index is 13.8. The SMILES string of the molecule is CCSc1ccc(CN=C(C=O)Nc2c(C)nc(-c3c(C)ncnc3C3CC3)nc2N(C)C(C)C(F)(F)F)cn1. The van der Waals surface area contributed by atoms with E-state index in [1.54, 1.807) is 31.8 Å². The third-order valence-electron chi connectivity index (χ3n) is 6.60. The van der Waals surface area contributed by atoms with Crippen LogP contribution in [0.15, 0.2) is 34.7 Å². The zero-order chi connectivity index (χ0) is 29.0. The lowest BCUT2D eigenvalue weighted by atomic mass is 10.1. The number of pyridine rings is 1. The van der Waals surface area contributed by atoms with Crippen LogP contribution in [0.3, 0.4) is 0 Å². The number of aromatic nitrogens is 5. The van der Waals surface area contributed by atoms with Crippen LogP contribution in [0.5, 0.6) is 0 Å². The van der Waals surface area contributed by atoms with Crippen LogP contribution in [-0.2, 0) is 11.3 Å². The van der Waals surface area contributed by atoms with Gasteiger partial charge in [-0.25, -0.2) is 24.9 Å². The fourth-order valence-corrected chi connectivity index (χ4v) is 4.64. The number of hydrogen-bond acceptors (Lipinski definition) is 9. The number of carbonyl (C=O) groups is 1. The number of nitrogens with one attached hydrogen (secondary N) is 1. The van der Waals surface area contributed by atoms with Crippen molar-refractivity contribution >= 4 is 35.4 Å². The van der Waals surface area contributed by atoms with Crippen LogP contribution in [0.2, 0.25) is 0 Å². The summed E-state index contributed by atoms with van der Waals surface area (Å²) >= 11 is 1.61. The molecule has 3 aromatic heterocycles. The van der Waals surface area contributed by atoms with Gasteiger partial charge in [-0.15, -0.1) is 11.8 Å². The molecule has 1 fully saturated rings. The maximum atomic E-state index is 13.8. The highest BCUT2D eigenvalue weighted by Crippen LogP contribution is 2.44. The third kappa shape index (κ3) is 6.75. The minimum atomic E-state index is -4.52. The molecule has 1 saturated carbocycles. The Kier molecular flexibility index (Phi) is 9.02. The van der Waals surface area contributed by atoms with E-state index in [4.69, 9.17) is 0 Å². The van der Waals surface area contributed by atoms with Crippen molar-refractivity contribution in [3.8, 4) is 11.4 Å². The third-order valence-corrected chi connectivity index (χ3v) is 7.43. The first-order valence-corrected chi connectivity index (χ1v) is 13.9. The van der Waals surface area contributed by atoms with Crippen molar-refractivity contribution in [2.45, 2.75) is 70.2 Å². The summed E-state index contributed by atoms with van der Waals surface area (Å²) in [7, 11) is 1.31. The van der Waals surface area contributed by atoms with Crippen LogP contribution in [0, 0.1) is 13.8 Å². The minimum Gasteiger partial charge on any atom is -0.346 e. The number of aldehydes is 1. The van der Waals surface area contributed by atoms with Crippen molar-refractivity contribution in [1.82, 2.24) is 24.9 Å². The van der Waals surface area contributed by atoms with Crippen molar-refractivity contribution in [3.63, 3.8) is 0 Å². The summed E-state index contributed by atoms with van der Waals surface area (Å²) in [5, 5.41) is 3.77. The average molecular weight is 573 g/mol. The summed E-state index contributed by atoms with van der Waals surface area (Å²) in [4.78, 5) is 39.6. The van der Waals surface area contributed by atoms with Crippen LogP contribution >= 0.6 is 11.8 Å². The molecule has 3 aromatic rings. The Bertz CT molecular complexity index is 1390. The zero-order valence-corrected chi connectivity index (χ0v) is 23.8. The monoisotopic (exact) mass is 572 g/mol. The van der Waals surface area contributed by atoms with Crippen LogP contribution in [0.25, 0.3) is 11.4 Å². The number of hydrogen-bond donors (Lipinski definition) is 1. The predicted octanol–water partition coefficient (Wildman–Crippen LogP) is 5.53. The normalized spacial score (nSPS) is 14.7. The van der Waals surface area contributed by atoms with E-state index in [9.17, 15) is 18.0 Å². The Labute approximate surface area is 235 Å². The Morgan fingerprint density at radius 2 is 1.95 bits per heavy atom. The van der Waals surface area contributed by atoms with Gasteiger partial charge >= 0.3 is 6.18 Å². The lowest BCUT2D eigenvalue weighted by Gasteiger charge is -2.30. The Hall–Kier alpha value is -3.61. The topological polar surface area (TPSA) is 109 Å². The molecule has 1 aliphatic carbocycles. The second-order valence-electron chi connectivity index (χ2n) is 9.54. The Morgan fingerprint density at radius 1 is 1.20 bits per heavy atom. The van der Waals surface area contributed by atoms with Crippen molar-refractivity contribution in [2.75, 3.05) is 23.0 Å². The summed E-state index contributed by atoms with van der Waals surface area (Å²) in [6.45, 7) is 6.69. The van der Waals surface area contributed by atoms with Gasteiger partial charge in [-0.1, -0.05) is 13.0 Å². The quantitative estimate of drug-likeness (QED) is 0.145. The highest BCUT2D eigenvalue weighted by molar-refractivity contribution is 7.99. The van der Waals surface area contributed by atoms with Crippen LogP contribution < -0.4 is 10.2 Å². The number of aliphatic imine (C=N–C) groups is 1. The highest BCUT2D eigenvalue weighted by Gasteiger charge is 2.40. The number of aryl methyl sites for hydroxylation is 2. The first kappa shape index (κ1) is 29.4. The Morgan fingerprint density at radius 3 is 2.55 bits per heavy atom. The van der Waals surface area contributed by atoms with E-state index in [0.29, 0.717) is 23.2 Å². The van der Waals surface area contributed by atoms with Crippen molar-refractivity contribution in [2.24, 2.45) is 4.99 Å². The second-order valence-corrected chi connectivity index (χ2v) is 10.8. The molecule has 212 valence electrons. The summed E-state index contributed by atoms with van der Waals surface area (Å²) < 4.78 is 41.4. The first-order chi connectivity index (χ1) is 19.0. The highest BCUT2D eigenvalue weighted by atomic mass is 32.2. The van der Waals surface area contributed by atoms with Gasteiger partial charge in [0.1, 0.15) is 18.1 Å². The van der Waals surface area contributed by atoms with Crippen LogP contribution in [0.4, 0.5) is 24.7 Å². The van der Waals surface area contributed by atoms with Crippen LogP contribution in [-0.4, -0.2) is 62.1 Å². The number of thioether (sulfide) groups is 1. The lowest BCUT2D eigenvalue weighted by molar-refractivity contribution is -0.144. The van der Waals surface area contributed by atoms with Gasteiger partial charge in [-0.2, -0.15) is 13.2 Å². The molecule has 13 heteroatoms. The number of amidine groups is 1. The van der Waals surface area contributed by atoms with E-state index >= 15 is 0 Å². The maximum Gasteiger partial charge on any atom is 0.408 e. The van der Waals surface area contributed by atoms with E-state index in [1.807, 2.05) is 19.1 Å². The van der Waals surface area contributed by atoms with Gasteiger partial charge in [0.2, 0.25) is 0 Å². The molecule has 1 atom stereocenters. The van der Waals surface area contributed by atoms with Gasteiger partial charge < -0.3 is 10.2 Å². The van der Waals surface area contributed by atoms with E-state index in [1.165, 1.54) is 13.4 Å². The van der Waals surface area contributed by atoms with Crippen molar-refractivity contribution in [3.05, 3.63) is 47.3 Å². The molecule has 0 amide bonds. The molecule has 0 radical (unpaired) electrons. The minimum absolute atomic E-state index is 0.0190. The molecular weight excluding hydrogens is 541 g/mol. The molecule has 1 aliphatic rings. The van der Waals surface area contributed by atoms with Gasteiger partial charge in [-0.3, -0.25) is 9.79 Å². The van der Waals surface area contributed by atoms with Gasteiger partial charge in [0.25, 0.3) is 0 Å². The fourth-order valence-electron chi connectivity index (χ4n) is 4.06. The molecule has 4 rings (SSSR count). The number of anilines is 2. The van der Waals surface area contributed by atoms with Gasteiger partial charge in [-0.05, 0) is 51.0 Å². The standard InChI is InChI=1S/C27H31F3N8OS/c1-6-40-21-10-7-18(12-32-21)11-31-20(13-39)36-23-16(3)35-25(37-26(23)38(5)17(4)27(28,29)30)22-15(2)33-14-34-24(22)19-8-9-19/h7,10,12-14,17,19H,6,8-9,11H2,1-5H3,(H,31,36). The molecule has 0 spiro atoms. The first-order valence-electron chi connectivity index (χ1n) is 12.9. The van der Waals surface area contributed by atoms with Crippen molar-refractivity contribution in [1.29, 1.82) is 0 Å². The van der Waals surface area contributed by atoms with E-state index in [2.05, 4.69) is 35.2 Å². The molecule has 0 saturated heterocycles. The fraction of sp³-hybridized carbons (Fsp3) is 0.444. The molecular formula is C27H31F3N8OS. The summed E-state index contributed by atoms with van der Waals surface area (Å²) in [5.41, 5.74) is 3.33. The molecule has 1 N–H and O–H groups in total. The van der Waals surface area contributed by atoms with Gasteiger partial charge in [0.05, 0.1) is 34.2 Å². The second kappa shape index (κ2) is 12.3. The van der Waals surface area contributed by atoms with E-state index in [-0.39, 0.29) is 35.6 Å². The summed E-state index contributed by atoms with van der Waals surface area (Å²) in [6, 6.07) is 1.88. The van der Waals surface area contributed by atoms with Gasteiger partial charge in [0.15, 0.2) is 23.8 Å². The molecule has 1 unspecified atom stereocenters. The van der Waals surface area contributed by atoms with Crippen molar-refractivity contribution < 1.29 is 18.0 Å². The number of nitrogens with zero attached hydrogens (tertiary/aromatic N) is 7. The number of halogens is 3. The average Bonchev–Trinajstić information content (AvgIpc) is 3.77. The van der Waals surface area contributed by atoms with E-state index < -0.39 is 12.2 Å². The van der Waals surface area contributed by atoms with E-state index in [0.717, 1.165) is 46.7 Å². The number of alkyl halides is 3. The predicted molar refractivity (Wildman–Crippen MR) is 150 cm³/mol. The van der Waals surface area contributed by atoms with Gasteiger partial charge in [0, 0.05) is 19.2 Å². The van der Waals surface area contributed by atoms with Crippen LogP contribution in [0.1, 0.15) is 55.3 Å². The summed E-state index contributed by atoms with van der Waals surface area (Å²) in [5.74, 6) is 1.28. The molecule has 9 nitrogen and oxygen atoms in total. The molecule has 0 aliphatic heterocycles. The molecule has 40 heavy (non-hydrogen) atoms. The molecule has 0 aromatic carbocycles.